The number of esters is 1. The lowest BCUT2D eigenvalue weighted by molar-refractivity contribution is 0.0525. The standard InChI is InChI=1S/C24H21ClN2O5S2/c1-3-32-23(28)18-8-6-10-20(15(18)2)26-34(30,31)17-11-12-21-22(13-17)33-24(29)27(21)14-16-7-4-5-9-19(16)25/h4-13,26H,3,14H2,1-2H3. The summed E-state index contributed by atoms with van der Waals surface area (Å²) in [7, 11) is -3.98. The molecule has 0 bridgehead atoms. The van der Waals surface area contributed by atoms with Gasteiger partial charge in [0.2, 0.25) is 0 Å². The highest BCUT2D eigenvalue weighted by atomic mass is 35.5. The molecule has 4 aromatic rings. The number of carbonyl (C=O) groups is 1. The lowest BCUT2D eigenvalue weighted by Gasteiger charge is -2.13. The van der Waals surface area contributed by atoms with Gasteiger partial charge in [-0.1, -0.05) is 47.2 Å². The molecule has 1 heterocycles. The number of halogens is 1. The van der Waals surface area contributed by atoms with E-state index in [-0.39, 0.29) is 34.2 Å². The first-order chi connectivity index (χ1) is 16.2. The van der Waals surface area contributed by atoms with Gasteiger partial charge in [0.25, 0.3) is 10.0 Å². The number of ether oxygens (including phenoxy) is 1. The highest BCUT2D eigenvalue weighted by Crippen LogP contribution is 2.27. The normalized spacial score (nSPS) is 11.5. The molecule has 0 saturated carbocycles. The number of fused-ring (bicyclic) bond motifs is 1. The second-order valence-electron chi connectivity index (χ2n) is 7.48. The van der Waals surface area contributed by atoms with Crippen LogP contribution < -0.4 is 9.60 Å². The van der Waals surface area contributed by atoms with Gasteiger partial charge in [0.15, 0.2) is 0 Å². The number of carbonyl (C=O) groups excluding carboxylic acids is 1. The Labute approximate surface area is 205 Å². The number of rotatable bonds is 7. The van der Waals surface area contributed by atoms with E-state index in [1.807, 2.05) is 18.2 Å². The van der Waals surface area contributed by atoms with E-state index in [9.17, 15) is 18.0 Å². The largest absolute Gasteiger partial charge is 0.462 e. The number of hydrogen-bond donors (Lipinski definition) is 1. The van der Waals surface area contributed by atoms with Crippen molar-refractivity contribution in [2.45, 2.75) is 25.3 Å². The van der Waals surface area contributed by atoms with Gasteiger partial charge >= 0.3 is 10.8 Å². The molecular formula is C24H21ClN2O5S2. The minimum Gasteiger partial charge on any atom is -0.462 e. The zero-order valence-corrected chi connectivity index (χ0v) is 20.8. The van der Waals surface area contributed by atoms with Crippen LogP contribution >= 0.6 is 22.9 Å². The number of thiazole rings is 1. The van der Waals surface area contributed by atoms with Crippen LogP contribution in [-0.2, 0) is 21.3 Å². The number of sulfonamides is 1. The van der Waals surface area contributed by atoms with E-state index in [1.54, 1.807) is 48.7 Å². The van der Waals surface area contributed by atoms with Crippen LogP contribution in [-0.4, -0.2) is 25.6 Å². The monoisotopic (exact) mass is 516 g/mol. The summed E-state index contributed by atoms with van der Waals surface area (Å²) >= 11 is 7.21. The Bertz CT molecular complexity index is 1560. The molecule has 7 nitrogen and oxygen atoms in total. The first-order valence-electron chi connectivity index (χ1n) is 10.4. The zero-order chi connectivity index (χ0) is 24.5. The molecule has 0 aliphatic rings. The van der Waals surface area contributed by atoms with E-state index < -0.39 is 16.0 Å². The number of benzene rings is 3. The van der Waals surface area contributed by atoms with Crippen LogP contribution in [0.3, 0.4) is 0 Å². The fourth-order valence-electron chi connectivity index (χ4n) is 3.54. The van der Waals surface area contributed by atoms with Crippen molar-refractivity contribution < 1.29 is 17.9 Å². The van der Waals surface area contributed by atoms with Gasteiger partial charge in [-0.3, -0.25) is 14.1 Å². The average Bonchev–Trinajstić information content (AvgIpc) is 3.11. The summed E-state index contributed by atoms with van der Waals surface area (Å²) in [5, 5.41) is 0.553. The van der Waals surface area contributed by atoms with Crippen molar-refractivity contribution in [1.29, 1.82) is 0 Å². The maximum absolute atomic E-state index is 13.1. The topological polar surface area (TPSA) is 94.5 Å². The number of aromatic nitrogens is 1. The van der Waals surface area contributed by atoms with Crippen LogP contribution in [0.1, 0.15) is 28.4 Å². The van der Waals surface area contributed by atoms with Crippen LogP contribution in [0.4, 0.5) is 5.69 Å². The van der Waals surface area contributed by atoms with Gasteiger partial charge < -0.3 is 4.74 Å². The summed E-state index contributed by atoms with van der Waals surface area (Å²) in [5.41, 5.74) is 2.43. The summed E-state index contributed by atoms with van der Waals surface area (Å²) in [6.07, 6.45) is 0. The predicted molar refractivity (Wildman–Crippen MR) is 135 cm³/mol. The lowest BCUT2D eigenvalue weighted by atomic mass is 10.1. The summed E-state index contributed by atoms with van der Waals surface area (Å²) in [5.74, 6) is -0.521. The van der Waals surface area contributed by atoms with Crippen LogP contribution in [0.15, 0.2) is 70.4 Å². The Balaban J connectivity index is 1.67. The van der Waals surface area contributed by atoms with Crippen LogP contribution in [0.2, 0.25) is 5.02 Å². The van der Waals surface area contributed by atoms with Gasteiger partial charge in [-0.05, 0) is 61.4 Å². The Morgan fingerprint density at radius 2 is 1.88 bits per heavy atom. The highest BCUT2D eigenvalue weighted by molar-refractivity contribution is 7.92. The quantitative estimate of drug-likeness (QED) is 0.347. The minimum absolute atomic E-state index is 0.00656. The zero-order valence-electron chi connectivity index (χ0n) is 18.4. The second-order valence-corrected chi connectivity index (χ2v) is 10.6. The van der Waals surface area contributed by atoms with Gasteiger partial charge in [0.1, 0.15) is 0 Å². The van der Waals surface area contributed by atoms with Gasteiger partial charge in [-0.15, -0.1) is 0 Å². The van der Waals surface area contributed by atoms with Crippen molar-refractivity contribution in [3.05, 3.63) is 92.0 Å². The Morgan fingerprint density at radius 3 is 2.62 bits per heavy atom. The molecule has 1 aromatic heterocycles. The first kappa shape index (κ1) is 24.0. The van der Waals surface area contributed by atoms with Crippen LogP contribution in [0.5, 0.6) is 0 Å². The third-order valence-corrected chi connectivity index (χ3v) is 7.98. The van der Waals surface area contributed by atoms with E-state index in [4.69, 9.17) is 16.3 Å². The van der Waals surface area contributed by atoms with Crippen molar-refractivity contribution >= 4 is 54.8 Å². The molecule has 0 atom stereocenters. The molecule has 0 radical (unpaired) electrons. The summed E-state index contributed by atoms with van der Waals surface area (Å²) in [4.78, 5) is 24.6. The van der Waals surface area contributed by atoms with Crippen molar-refractivity contribution in [3.63, 3.8) is 0 Å². The highest BCUT2D eigenvalue weighted by Gasteiger charge is 2.20. The number of nitrogens with one attached hydrogen (secondary N) is 1. The molecule has 10 heteroatoms. The van der Waals surface area contributed by atoms with Crippen molar-refractivity contribution in [2.24, 2.45) is 0 Å². The van der Waals surface area contributed by atoms with Gasteiger partial charge in [-0.25, -0.2) is 13.2 Å². The SMILES string of the molecule is CCOC(=O)c1cccc(NS(=O)(=O)c2ccc3c(c2)sc(=O)n3Cc2ccccc2Cl)c1C. The van der Waals surface area contributed by atoms with Crippen molar-refractivity contribution in [3.8, 4) is 0 Å². The molecule has 176 valence electrons. The third-order valence-electron chi connectivity index (χ3n) is 5.31. The smallest absolute Gasteiger partial charge is 0.338 e. The molecule has 0 fully saturated rings. The van der Waals surface area contributed by atoms with E-state index in [1.165, 1.54) is 12.1 Å². The molecule has 0 unspecified atom stereocenters. The Morgan fingerprint density at radius 1 is 1.12 bits per heavy atom. The molecule has 0 aliphatic carbocycles. The molecule has 34 heavy (non-hydrogen) atoms. The summed E-state index contributed by atoms with van der Waals surface area (Å²) in [6, 6.07) is 16.5. The summed E-state index contributed by atoms with van der Waals surface area (Å²) < 4.78 is 35.9. The third kappa shape index (κ3) is 4.72. The maximum atomic E-state index is 13.1. The molecule has 0 aliphatic heterocycles. The Kier molecular flexibility index (Phi) is 6.79. The minimum atomic E-state index is -3.98. The van der Waals surface area contributed by atoms with Crippen LogP contribution in [0, 0.1) is 6.92 Å². The molecular weight excluding hydrogens is 496 g/mol. The molecule has 3 aromatic carbocycles. The second kappa shape index (κ2) is 9.61. The van der Waals surface area contributed by atoms with Gasteiger partial charge in [0.05, 0.1) is 39.5 Å². The molecule has 0 spiro atoms. The fourth-order valence-corrected chi connectivity index (χ4v) is 5.89. The Hall–Kier alpha value is -3.14. The number of hydrogen-bond acceptors (Lipinski definition) is 6. The van der Waals surface area contributed by atoms with Crippen molar-refractivity contribution in [1.82, 2.24) is 4.57 Å². The average molecular weight is 517 g/mol. The fraction of sp³-hybridized carbons (Fsp3) is 0.167. The van der Waals surface area contributed by atoms with E-state index in [0.29, 0.717) is 20.8 Å². The van der Waals surface area contributed by atoms with Crippen LogP contribution in [0.25, 0.3) is 10.2 Å². The van der Waals surface area contributed by atoms with E-state index in [2.05, 4.69) is 4.72 Å². The number of anilines is 1. The molecule has 4 rings (SSSR count). The molecule has 0 amide bonds. The van der Waals surface area contributed by atoms with Gasteiger partial charge in [-0.2, -0.15) is 0 Å². The summed E-state index contributed by atoms with van der Waals surface area (Å²) in [6.45, 7) is 3.84. The number of nitrogens with zero attached hydrogens (tertiary/aromatic N) is 1. The van der Waals surface area contributed by atoms with E-state index >= 15 is 0 Å². The molecule has 0 saturated heterocycles. The maximum Gasteiger partial charge on any atom is 0.338 e. The van der Waals surface area contributed by atoms with Gasteiger partial charge in [0, 0.05) is 5.02 Å². The van der Waals surface area contributed by atoms with Crippen molar-refractivity contribution in [2.75, 3.05) is 11.3 Å². The van der Waals surface area contributed by atoms with E-state index in [0.717, 1.165) is 16.9 Å². The first-order valence-corrected chi connectivity index (χ1v) is 13.1. The lowest BCUT2D eigenvalue weighted by Crippen LogP contribution is -2.16. The predicted octanol–water partition coefficient (Wildman–Crippen LogP) is 5.05. The molecule has 1 N–H and O–H groups in total.